The van der Waals surface area contributed by atoms with E-state index >= 15 is 0 Å². The lowest BCUT2D eigenvalue weighted by Gasteiger charge is -2.25. The van der Waals surface area contributed by atoms with Crippen molar-refractivity contribution in [3.05, 3.63) is 64.7 Å². The minimum absolute atomic E-state index is 0.0526. The Hall–Kier alpha value is -3.64. The maximum absolute atomic E-state index is 12.7. The molecule has 1 unspecified atom stereocenters. The van der Waals surface area contributed by atoms with Gasteiger partial charge in [0.05, 0.1) is 41.8 Å². The van der Waals surface area contributed by atoms with Crippen molar-refractivity contribution in [2.24, 2.45) is 0 Å². The summed E-state index contributed by atoms with van der Waals surface area (Å²) in [6.07, 6.45) is -0.0526. The number of rotatable bonds is 5. The monoisotopic (exact) mass is 345 g/mol. The fraction of sp³-hybridized carbons (Fsp3) is 0.200. The summed E-state index contributed by atoms with van der Waals surface area (Å²) in [7, 11) is 0. The first-order chi connectivity index (χ1) is 12.6. The summed E-state index contributed by atoms with van der Waals surface area (Å²) in [5.74, 6) is -0.478. The van der Waals surface area contributed by atoms with Gasteiger partial charge in [-0.1, -0.05) is 18.2 Å². The average Bonchev–Trinajstić information content (AvgIpc) is 2.91. The van der Waals surface area contributed by atoms with Gasteiger partial charge in [0.15, 0.2) is 0 Å². The average molecular weight is 345 g/mol. The van der Waals surface area contributed by atoms with Gasteiger partial charge in [-0.2, -0.15) is 10.5 Å². The van der Waals surface area contributed by atoms with Crippen molar-refractivity contribution >= 4 is 11.8 Å². The Kier molecular flexibility index (Phi) is 4.68. The Bertz CT molecular complexity index is 934. The van der Waals surface area contributed by atoms with Crippen molar-refractivity contribution < 1.29 is 14.3 Å². The molecule has 1 aliphatic heterocycles. The lowest BCUT2D eigenvalue weighted by Crippen LogP contribution is -2.34. The van der Waals surface area contributed by atoms with E-state index in [9.17, 15) is 20.1 Å². The summed E-state index contributed by atoms with van der Waals surface area (Å²) in [6.45, 7) is 2.17. The SMILES string of the molecule is CCOc1cc(C(CC#N)N2C(=O)c3ccccc3C2=O)ccc1C#N. The summed E-state index contributed by atoms with van der Waals surface area (Å²) in [6, 6.07) is 14.8. The molecule has 2 aromatic rings. The molecule has 2 amide bonds. The molecular formula is C20H15N3O3. The normalized spacial score (nSPS) is 13.7. The third-order valence-corrected chi connectivity index (χ3v) is 4.23. The van der Waals surface area contributed by atoms with E-state index in [1.165, 1.54) is 0 Å². The molecule has 6 heteroatoms. The molecule has 0 aromatic heterocycles. The maximum Gasteiger partial charge on any atom is 0.262 e. The van der Waals surface area contributed by atoms with Gasteiger partial charge in [-0.05, 0) is 36.8 Å². The van der Waals surface area contributed by atoms with E-state index in [4.69, 9.17) is 4.74 Å². The topological polar surface area (TPSA) is 94.2 Å². The number of nitrogens with zero attached hydrogens (tertiary/aromatic N) is 3. The van der Waals surface area contributed by atoms with Crippen LogP contribution in [0.5, 0.6) is 5.75 Å². The van der Waals surface area contributed by atoms with Gasteiger partial charge in [0, 0.05) is 0 Å². The van der Waals surface area contributed by atoms with Crippen LogP contribution in [0.2, 0.25) is 0 Å². The van der Waals surface area contributed by atoms with Gasteiger partial charge in [-0.3, -0.25) is 14.5 Å². The van der Waals surface area contributed by atoms with Crippen molar-refractivity contribution in [3.8, 4) is 17.9 Å². The molecule has 0 N–H and O–H groups in total. The highest BCUT2D eigenvalue weighted by Crippen LogP contribution is 2.35. The zero-order valence-electron chi connectivity index (χ0n) is 14.1. The van der Waals surface area contributed by atoms with Gasteiger partial charge in [-0.25, -0.2) is 0 Å². The fourth-order valence-electron chi connectivity index (χ4n) is 3.05. The molecule has 0 bridgehead atoms. The number of imide groups is 1. The van der Waals surface area contributed by atoms with Crippen molar-refractivity contribution in [1.82, 2.24) is 4.90 Å². The number of carbonyl (C=O) groups excluding carboxylic acids is 2. The van der Waals surface area contributed by atoms with E-state index < -0.39 is 17.9 Å². The Morgan fingerprint density at radius 2 is 1.73 bits per heavy atom. The lowest BCUT2D eigenvalue weighted by atomic mass is 10.0. The molecule has 1 atom stereocenters. The molecule has 26 heavy (non-hydrogen) atoms. The van der Waals surface area contributed by atoms with Crippen LogP contribution in [0.15, 0.2) is 42.5 Å². The maximum atomic E-state index is 12.7. The zero-order valence-corrected chi connectivity index (χ0v) is 14.1. The first kappa shape index (κ1) is 17.2. The summed E-state index contributed by atoms with van der Waals surface area (Å²) in [4.78, 5) is 26.6. The van der Waals surface area contributed by atoms with Crippen molar-refractivity contribution in [2.75, 3.05) is 6.61 Å². The predicted octanol–water partition coefficient (Wildman–Crippen LogP) is 3.21. The molecule has 3 rings (SSSR count). The summed E-state index contributed by atoms with van der Waals surface area (Å²) >= 11 is 0. The van der Waals surface area contributed by atoms with Crippen LogP contribution in [0.4, 0.5) is 0 Å². The highest BCUT2D eigenvalue weighted by atomic mass is 16.5. The first-order valence-corrected chi connectivity index (χ1v) is 8.13. The number of nitriles is 2. The third-order valence-electron chi connectivity index (χ3n) is 4.23. The van der Waals surface area contributed by atoms with Crippen molar-refractivity contribution in [3.63, 3.8) is 0 Å². The van der Waals surface area contributed by atoms with Crippen LogP contribution in [0.3, 0.4) is 0 Å². The number of hydrogen-bond donors (Lipinski definition) is 0. The second-order valence-corrected chi connectivity index (χ2v) is 5.70. The van der Waals surface area contributed by atoms with Crippen LogP contribution in [0, 0.1) is 22.7 Å². The number of carbonyl (C=O) groups is 2. The Balaban J connectivity index is 2.06. The molecule has 0 radical (unpaired) electrons. The van der Waals surface area contributed by atoms with Gasteiger partial charge in [0.25, 0.3) is 11.8 Å². The van der Waals surface area contributed by atoms with E-state index in [1.807, 2.05) is 12.1 Å². The number of ether oxygens (including phenoxy) is 1. The van der Waals surface area contributed by atoms with Gasteiger partial charge in [0.1, 0.15) is 11.8 Å². The Labute approximate surface area is 150 Å². The minimum atomic E-state index is -0.751. The second kappa shape index (κ2) is 7.08. The van der Waals surface area contributed by atoms with Gasteiger partial charge < -0.3 is 4.74 Å². The lowest BCUT2D eigenvalue weighted by molar-refractivity contribution is 0.0584. The smallest absolute Gasteiger partial charge is 0.262 e. The molecule has 2 aromatic carbocycles. The summed E-state index contributed by atoms with van der Waals surface area (Å²) < 4.78 is 5.48. The van der Waals surface area contributed by atoms with Crippen molar-refractivity contribution in [1.29, 1.82) is 10.5 Å². The van der Waals surface area contributed by atoms with Gasteiger partial charge >= 0.3 is 0 Å². The molecule has 1 aliphatic rings. The van der Waals surface area contributed by atoms with Gasteiger partial charge in [-0.15, -0.1) is 0 Å². The highest BCUT2D eigenvalue weighted by Gasteiger charge is 2.40. The molecule has 0 saturated carbocycles. The van der Waals surface area contributed by atoms with Crippen LogP contribution in [0.1, 0.15) is 51.2 Å². The van der Waals surface area contributed by atoms with E-state index in [0.717, 1.165) is 4.90 Å². The molecule has 0 spiro atoms. The molecule has 0 aliphatic carbocycles. The molecule has 1 heterocycles. The molecule has 0 saturated heterocycles. The van der Waals surface area contributed by atoms with E-state index in [2.05, 4.69) is 0 Å². The van der Waals surface area contributed by atoms with Crippen LogP contribution in [-0.2, 0) is 0 Å². The number of amides is 2. The van der Waals surface area contributed by atoms with Crippen molar-refractivity contribution in [2.45, 2.75) is 19.4 Å². The highest BCUT2D eigenvalue weighted by molar-refractivity contribution is 6.21. The van der Waals surface area contributed by atoms with Crippen LogP contribution in [0.25, 0.3) is 0 Å². The largest absolute Gasteiger partial charge is 0.492 e. The van der Waals surface area contributed by atoms with E-state index in [-0.39, 0.29) is 6.42 Å². The molecule has 6 nitrogen and oxygen atoms in total. The fourth-order valence-corrected chi connectivity index (χ4v) is 3.05. The van der Waals surface area contributed by atoms with Crippen LogP contribution < -0.4 is 4.74 Å². The van der Waals surface area contributed by atoms with Gasteiger partial charge in [0.2, 0.25) is 0 Å². The second-order valence-electron chi connectivity index (χ2n) is 5.70. The molecule has 0 fully saturated rings. The Morgan fingerprint density at radius 1 is 1.08 bits per heavy atom. The third kappa shape index (κ3) is 2.78. The first-order valence-electron chi connectivity index (χ1n) is 8.13. The predicted molar refractivity (Wildman–Crippen MR) is 92.2 cm³/mol. The zero-order chi connectivity index (χ0) is 18.7. The Morgan fingerprint density at radius 3 is 2.27 bits per heavy atom. The van der Waals surface area contributed by atoms with E-state index in [1.54, 1.807) is 49.4 Å². The number of hydrogen-bond acceptors (Lipinski definition) is 5. The number of benzene rings is 2. The number of fused-ring (bicyclic) bond motifs is 1. The van der Waals surface area contributed by atoms with Crippen LogP contribution in [-0.4, -0.2) is 23.3 Å². The molecule has 128 valence electrons. The summed E-state index contributed by atoms with van der Waals surface area (Å²) in [5.41, 5.74) is 1.59. The summed E-state index contributed by atoms with van der Waals surface area (Å²) in [5, 5.41) is 18.4. The van der Waals surface area contributed by atoms with Crippen LogP contribution >= 0.6 is 0 Å². The standard InChI is InChI=1S/C20H15N3O3/c1-2-26-18-11-13(7-8-14(18)12-22)17(9-10-21)23-19(24)15-5-3-4-6-16(15)20(23)25/h3-8,11,17H,2,9H2,1H3. The minimum Gasteiger partial charge on any atom is -0.492 e. The van der Waals surface area contributed by atoms with E-state index in [0.29, 0.717) is 34.6 Å². The quantitative estimate of drug-likeness (QED) is 0.776. The molecular weight excluding hydrogens is 330 g/mol.